The van der Waals surface area contributed by atoms with Crippen LogP contribution in [-0.2, 0) is 19.6 Å². The van der Waals surface area contributed by atoms with E-state index in [4.69, 9.17) is 49.0 Å². The standard InChI is InChI=1S/C24H24Cl3NO3/c1-29-18-8-6-16(7-9-18)10-11-28-14-17-12-22(27)24(23(13-17)30-2)31-15-19-20(25)4-3-5-21(19)26/h3-9,12-13,28H,10-11,14-15H2,1-2H3. The summed E-state index contributed by atoms with van der Waals surface area (Å²) in [7, 11) is 3.25. The molecule has 0 saturated carbocycles. The second-order valence-electron chi connectivity index (χ2n) is 6.87. The lowest BCUT2D eigenvalue weighted by Gasteiger charge is -2.15. The number of halogens is 3. The van der Waals surface area contributed by atoms with Gasteiger partial charge in [-0.05, 0) is 60.5 Å². The molecule has 164 valence electrons. The molecule has 0 atom stereocenters. The Kier molecular flexibility index (Phi) is 8.73. The number of hydrogen-bond donors (Lipinski definition) is 1. The summed E-state index contributed by atoms with van der Waals surface area (Å²) in [6.45, 7) is 1.67. The Morgan fingerprint density at radius 1 is 0.806 bits per heavy atom. The van der Waals surface area contributed by atoms with Gasteiger partial charge < -0.3 is 19.5 Å². The van der Waals surface area contributed by atoms with Gasteiger partial charge in [-0.1, -0.05) is 53.0 Å². The van der Waals surface area contributed by atoms with Gasteiger partial charge in [-0.3, -0.25) is 0 Å². The smallest absolute Gasteiger partial charge is 0.180 e. The van der Waals surface area contributed by atoms with Gasteiger partial charge in [-0.15, -0.1) is 0 Å². The molecule has 4 nitrogen and oxygen atoms in total. The second kappa shape index (κ2) is 11.5. The average Bonchev–Trinajstić information content (AvgIpc) is 2.77. The molecule has 3 aromatic carbocycles. The molecule has 0 aliphatic heterocycles. The van der Waals surface area contributed by atoms with E-state index in [1.807, 2.05) is 24.3 Å². The van der Waals surface area contributed by atoms with E-state index in [-0.39, 0.29) is 6.61 Å². The molecule has 0 saturated heterocycles. The van der Waals surface area contributed by atoms with Crippen molar-refractivity contribution in [2.75, 3.05) is 20.8 Å². The highest BCUT2D eigenvalue weighted by atomic mass is 35.5. The van der Waals surface area contributed by atoms with E-state index in [1.54, 1.807) is 32.4 Å². The quantitative estimate of drug-likeness (QED) is 0.333. The normalized spacial score (nSPS) is 10.7. The summed E-state index contributed by atoms with van der Waals surface area (Å²) in [5.41, 5.74) is 2.94. The Labute approximate surface area is 198 Å². The lowest BCUT2D eigenvalue weighted by molar-refractivity contribution is 0.284. The Balaban J connectivity index is 1.59. The fourth-order valence-electron chi connectivity index (χ4n) is 3.09. The summed E-state index contributed by atoms with van der Waals surface area (Å²) in [4.78, 5) is 0. The first-order valence-corrected chi connectivity index (χ1v) is 10.9. The summed E-state index contributed by atoms with van der Waals surface area (Å²) in [5, 5.41) is 4.98. The molecule has 0 aliphatic rings. The first kappa shape index (κ1) is 23.6. The second-order valence-corrected chi connectivity index (χ2v) is 8.09. The zero-order valence-electron chi connectivity index (χ0n) is 17.4. The number of hydrogen-bond acceptors (Lipinski definition) is 4. The summed E-state index contributed by atoms with van der Waals surface area (Å²) >= 11 is 18.9. The van der Waals surface area contributed by atoms with Crippen LogP contribution in [0, 0.1) is 0 Å². The number of ether oxygens (including phenoxy) is 3. The van der Waals surface area contributed by atoms with E-state index in [0.717, 1.165) is 24.3 Å². The van der Waals surface area contributed by atoms with Crippen molar-refractivity contribution in [2.45, 2.75) is 19.6 Å². The highest BCUT2D eigenvalue weighted by molar-refractivity contribution is 6.36. The van der Waals surface area contributed by atoms with Crippen LogP contribution in [-0.4, -0.2) is 20.8 Å². The van der Waals surface area contributed by atoms with E-state index in [2.05, 4.69) is 17.4 Å². The van der Waals surface area contributed by atoms with Gasteiger partial charge in [-0.25, -0.2) is 0 Å². The van der Waals surface area contributed by atoms with E-state index >= 15 is 0 Å². The zero-order valence-corrected chi connectivity index (χ0v) is 19.7. The SMILES string of the molecule is COc1ccc(CCNCc2cc(Cl)c(OCc3c(Cl)cccc3Cl)c(OC)c2)cc1. The maximum absolute atomic E-state index is 6.49. The van der Waals surface area contributed by atoms with Gasteiger partial charge >= 0.3 is 0 Å². The maximum atomic E-state index is 6.49. The molecule has 0 amide bonds. The van der Waals surface area contributed by atoms with Crippen LogP contribution >= 0.6 is 34.8 Å². The zero-order chi connectivity index (χ0) is 22.2. The van der Waals surface area contributed by atoms with Gasteiger partial charge in [-0.2, -0.15) is 0 Å². The summed E-state index contributed by atoms with van der Waals surface area (Å²) in [5.74, 6) is 1.88. The minimum atomic E-state index is 0.189. The number of rotatable bonds is 10. The fourth-order valence-corrected chi connectivity index (χ4v) is 3.88. The topological polar surface area (TPSA) is 39.7 Å². The Morgan fingerprint density at radius 3 is 2.16 bits per heavy atom. The van der Waals surface area contributed by atoms with Crippen LogP contribution in [0.1, 0.15) is 16.7 Å². The molecule has 31 heavy (non-hydrogen) atoms. The van der Waals surface area contributed by atoms with Gasteiger partial charge in [0.15, 0.2) is 11.5 Å². The summed E-state index contributed by atoms with van der Waals surface area (Å²) in [6.07, 6.45) is 0.911. The first-order valence-electron chi connectivity index (χ1n) is 9.77. The van der Waals surface area contributed by atoms with Gasteiger partial charge in [0.05, 0.1) is 19.2 Å². The van der Waals surface area contributed by atoms with Crippen molar-refractivity contribution >= 4 is 34.8 Å². The average molecular weight is 481 g/mol. The van der Waals surface area contributed by atoms with Crippen molar-refractivity contribution in [3.8, 4) is 17.2 Å². The van der Waals surface area contributed by atoms with Crippen LogP contribution in [0.15, 0.2) is 54.6 Å². The van der Waals surface area contributed by atoms with Crippen molar-refractivity contribution in [1.29, 1.82) is 0 Å². The minimum absolute atomic E-state index is 0.189. The molecule has 0 heterocycles. The molecule has 0 aliphatic carbocycles. The third-order valence-electron chi connectivity index (χ3n) is 4.79. The Bertz CT molecular complexity index is 989. The lowest BCUT2D eigenvalue weighted by Crippen LogP contribution is -2.16. The van der Waals surface area contributed by atoms with Gasteiger partial charge in [0, 0.05) is 22.2 Å². The van der Waals surface area contributed by atoms with Crippen molar-refractivity contribution in [3.05, 3.63) is 86.4 Å². The van der Waals surface area contributed by atoms with Crippen molar-refractivity contribution in [3.63, 3.8) is 0 Å². The monoisotopic (exact) mass is 479 g/mol. The fraction of sp³-hybridized carbons (Fsp3) is 0.250. The van der Waals surface area contributed by atoms with Crippen LogP contribution in [0.4, 0.5) is 0 Å². The number of methoxy groups -OCH3 is 2. The molecule has 0 aromatic heterocycles. The van der Waals surface area contributed by atoms with Crippen LogP contribution in [0.25, 0.3) is 0 Å². The highest BCUT2D eigenvalue weighted by Crippen LogP contribution is 2.38. The molecular weight excluding hydrogens is 457 g/mol. The summed E-state index contributed by atoms with van der Waals surface area (Å²) < 4.78 is 16.6. The van der Waals surface area contributed by atoms with E-state index in [1.165, 1.54) is 5.56 Å². The molecule has 0 radical (unpaired) electrons. The number of nitrogens with one attached hydrogen (secondary N) is 1. The molecule has 0 bridgehead atoms. The van der Waals surface area contributed by atoms with Crippen LogP contribution in [0.3, 0.4) is 0 Å². The van der Waals surface area contributed by atoms with E-state index in [0.29, 0.717) is 38.7 Å². The third-order valence-corrected chi connectivity index (χ3v) is 5.78. The van der Waals surface area contributed by atoms with E-state index in [9.17, 15) is 0 Å². The van der Waals surface area contributed by atoms with Gasteiger partial charge in [0.2, 0.25) is 0 Å². The lowest BCUT2D eigenvalue weighted by atomic mass is 10.1. The third kappa shape index (κ3) is 6.44. The van der Waals surface area contributed by atoms with Gasteiger partial charge in [0.25, 0.3) is 0 Å². The largest absolute Gasteiger partial charge is 0.497 e. The van der Waals surface area contributed by atoms with Crippen molar-refractivity contribution in [1.82, 2.24) is 5.32 Å². The molecule has 0 fully saturated rings. The highest BCUT2D eigenvalue weighted by Gasteiger charge is 2.14. The molecule has 0 unspecified atom stereocenters. The molecule has 0 spiro atoms. The maximum Gasteiger partial charge on any atom is 0.180 e. The molecule has 1 N–H and O–H groups in total. The summed E-state index contributed by atoms with van der Waals surface area (Å²) in [6, 6.07) is 17.2. The Hall–Kier alpha value is -2.11. The molecule has 3 rings (SSSR count). The van der Waals surface area contributed by atoms with Crippen molar-refractivity contribution < 1.29 is 14.2 Å². The van der Waals surface area contributed by atoms with E-state index < -0.39 is 0 Å². The van der Waals surface area contributed by atoms with Crippen LogP contribution in [0.2, 0.25) is 15.1 Å². The van der Waals surface area contributed by atoms with Crippen LogP contribution < -0.4 is 19.5 Å². The number of benzene rings is 3. The molecule has 7 heteroatoms. The predicted molar refractivity (Wildman–Crippen MR) is 127 cm³/mol. The van der Waals surface area contributed by atoms with Crippen molar-refractivity contribution in [2.24, 2.45) is 0 Å². The minimum Gasteiger partial charge on any atom is -0.497 e. The van der Waals surface area contributed by atoms with Crippen LogP contribution in [0.5, 0.6) is 17.2 Å². The Morgan fingerprint density at radius 2 is 1.52 bits per heavy atom. The first-order chi connectivity index (χ1) is 15.0. The predicted octanol–water partition coefficient (Wildman–Crippen LogP) is 6.58. The molecule has 3 aromatic rings. The molecular formula is C24H24Cl3NO3. The van der Waals surface area contributed by atoms with Gasteiger partial charge in [0.1, 0.15) is 12.4 Å².